The van der Waals surface area contributed by atoms with Gasteiger partial charge in [-0.1, -0.05) is 0 Å². The van der Waals surface area contributed by atoms with Crippen LogP contribution < -0.4 is 4.90 Å². The highest BCUT2D eigenvalue weighted by atomic mass is 35.5. The number of rotatable bonds is 4. The smallest absolute Gasteiger partial charge is 0.337 e. The van der Waals surface area contributed by atoms with E-state index in [9.17, 15) is 19.7 Å². The van der Waals surface area contributed by atoms with E-state index in [2.05, 4.69) is 4.98 Å². The number of carboxylic acid groups (broad SMARTS) is 1. The van der Waals surface area contributed by atoms with Gasteiger partial charge in [0.1, 0.15) is 0 Å². The summed E-state index contributed by atoms with van der Waals surface area (Å²) in [5.41, 5.74) is -0.811. The molecule has 1 unspecified atom stereocenters. The number of aromatic nitrogens is 1. The summed E-state index contributed by atoms with van der Waals surface area (Å²) in [5, 5.41) is 19.8. The summed E-state index contributed by atoms with van der Waals surface area (Å²) >= 11 is 5.68. The van der Waals surface area contributed by atoms with Gasteiger partial charge in [-0.05, 0) is 5.92 Å². The first-order valence-corrected chi connectivity index (χ1v) is 6.21. The second kappa shape index (κ2) is 5.41. The highest BCUT2D eigenvalue weighted by Gasteiger charge is 2.35. The van der Waals surface area contributed by atoms with Gasteiger partial charge in [-0.2, -0.15) is 0 Å². The lowest BCUT2D eigenvalue weighted by atomic mass is 10.1. The van der Waals surface area contributed by atoms with Crippen molar-refractivity contribution in [1.29, 1.82) is 0 Å². The number of carbonyl (C=O) groups is 2. The Morgan fingerprint density at radius 1 is 1.65 bits per heavy atom. The fraction of sp³-hybridized carbons (Fsp3) is 0.364. The number of aromatic carboxylic acids is 1. The summed E-state index contributed by atoms with van der Waals surface area (Å²) < 4.78 is 0. The lowest BCUT2D eigenvalue weighted by molar-refractivity contribution is -0.384. The Morgan fingerprint density at radius 2 is 2.35 bits per heavy atom. The molecule has 9 heteroatoms. The molecule has 1 atom stereocenters. The van der Waals surface area contributed by atoms with Gasteiger partial charge in [0.15, 0.2) is 0 Å². The zero-order valence-electron chi connectivity index (χ0n) is 10.2. The van der Waals surface area contributed by atoms with Gasteiger partial charge in [-0.25, -0.2) is 9.78 Å². The van der Waals surface area contributed by atoms with Crippen molar-refractivity contribution in [3.63, 3.8) is 0 Å². The molecular formula is C11H10ClN3O5. The molecule has 0 spiro atoms. The Labute approximate surface area is 118 Å². The molecule has 0 saturated carbocycles. The first-order chi connectivity index (χ1) is 9.43. The number of carboxylic acids is 1. The fourth-order valence-electron chi connectivity index (χ4n) is 1.99. The van der Waals surface area contributed by atoms with E-state index in [-0.39, 0.29) is 42.1 Å². The zero-order valence-corrected chi connectivity index (χ0v) is 10.9. The minimum absolute atomic E-state index is 0.0929. The SMILES string of the molecule is O=C(O)c1cnc(N2CC(CCl)CC2=O)c([N+](=O)[O-])c1. The highest BCUT2D eigenvalue weighted by Crippen LogP contribution is 2.31. The number of halogens is 1. The third kappa shape index (κ3) is 2.55. The molecule has 8 nitrogen and oxygen atoms in total. The van der Waals surface area contributed by atoms with Crippen LogP contribution in [0.25, 0.3) is 0 Å². The van der Waals surface area contributed by atoms with Gasteiger partial charge in [0.2, 0.25) is 11.7 Å². The van der Waals surface area contributed by atoms with Gasteiger partial charge in [0.25, 0.3) is 0 Å². The molecular weight excluding hydrogens is 290 g/mol. The molecule has 1 aromatic heterocycles. The Hall–Kier alpha value is -2.22. The number of nitrogens with zero attached hydrogens (tertiary/aromatic N) is 3. The largest absolute Gasteiger partial charge is 0.478 e. The highest BCUT2D eigenvalue weighted by molar-refractivity contribution is 6.18. The van der Waals surface area contributed by atoms with Crippen LogP contribution in [0.4, 0.5) is 11.5 Å². The normalized spacial score (nSPS) is 18.4. The summed E-state index contributed by atoms with van der Waals surface area (Å²) in [7, 11) is 0. The molecule has 2 rings (SSSR count). The van der Waals surface area contributed by atoms with Crippen LogP contribution in [0.3, 0.4) is 0 Å². The molecule has 20 heavy (non-hydrogen) atoms. The van der Waals surface area contributed by atoms with Crippen molar-refractivity contribution in [1.82, 2.24) is 4.98 Å². The van der Waals surface area contributed by atoms with E-state index in [4.69, 9.17) is 16.7 Å². The number of carbonyl (C=O) groups excluding carboxylic acids is 1. The minimum atomic E-state index is -1.32. The molecule has 1 aromatic rings. The van der Waals surface area contributed by atoms with E-state index in [0.29, 0.717) is 0 Å². The maximum absolute atomic E-state index is 11.8. The van der Waals surface area contributed by atoms with Crippen LogP contribution in [0.15, 0.2) is 12.3 Å². The molecule has 1 aliphatic rings. The van der Waals surface area contributed by atoms with Crippen molar-refractivity contribution in [2.24, 2.45) is 5.92 Å². The average molecular weight is 300 g/mol. The molecule has 0 aliphatic carbocycles. The molecule has 1 N–H and O–H groups in total. The van der Waals surface area contributed by atoms with Crippen molar-refractivity contribution in [3.8, 4) is 0 Å². The Kier molecular flexibility index (Phi) is 3.84. The van der Waals surface area contributed by atoms with E-state index in [1.54, 1.807) is 0 Å². The number of amides is 1. The monoisotopic (exact) mass is 299 g/mol. The standard InChI is InChI=1S/C11H10ClN3O5/c12-3-6-1-9(16)14(5-6)10-8(15(19)20)2-7(4-13-10)11(17)18/h2,4,6H,1,3,5H2,(H,17,18). The van der Waals surface area contributed by atoms with Crippen LogP contribution in [-0.4, -0.2) is 39.3 Å². The van der Waals surface area contributed by atoms with Gasteiger partial charge in [0, 0.05) is 31.1 Å². The molecule has 106 valence electrons. The summed E-state index contributed by atoms with van der Waals surface area (Å²) in [5.74, 6) is -1.60. The zero-order chi connectivity index (χ0) is 14.9. The molecule has 0 bridgehead atoms. The quantitative estimate of drug-likeness (QED) is 0.509. The second-order valence-corrected chi connectivity index (χ2v) is 4.67. The summed E-state index contributed by atoms with van der Waals surface area (Å²) in [4.78, 5) is 37.8. The van der Waals surface area contributed by atoms with Gasteiger partial charge in [0.05, 0.1) is 10.5 Å². The molecule has 1 aliphatic heterocycles. The van der Waals surface area contributed by atoms with Gasteiger partial charge in [-0.3, -0.25) is 19.8 Å². The molecule has 1 amide bonds. The van der Waals surface area contributed by atoms with Crippen LogP contribution in [0.2, 0.25) is 0 Å². The van der Waals surface area contributed by atoms with E-state index >= 15 is 0 Å². The van der Waals surface area contributed by atoms with Crippen molar-refractivity contribution in [3.05, 3.63) is 27.9 Å². The fourth-order valence-corrected chi connectivity index (χ4v) is 2.20. The van der Waals surface area contributed by atoms with Crippen LogP contribution in [0.1, 0.15) is 16.8 Å². The number of hydrogen-bond donors (Lipinski definition) is 1. The number of alkyl halides is 1. The molecule has 1 fully saturated rings. The van der Waals surface area contributed by atoms with E-state index in [1.165, 1.54) is 4.90 Å². The summed E-state index contributed by atoms with van der Waals surface area (Å²) in [6.45, 7) is 0.239. The first kappa shape index (κ1) is 14.2. The number of anilines is 1. The molecule has 0 radical (unpaired) electrons. The predicted molar refractivity (Wildman–Crippen MR) is 69.0 cm³/mol. The van der Waals surface area contributed by atoms with E-state index in [0.717, 1.165) is 12.3 Å². The van der Waals surface area contributed by atoms with Gasteiger partial charge >= 0.3 is 11.7 Å². The van der Waals surface area contributed by atoms with Crippen LogP contribution >= 0.6 is 11.6 Å². The molecule has 2 heterocycles. The van der Waals surface area contributed by atoms with Crippen LogP contribution in [0, 0.1) is 16.0 Å². The average Bonchev–Trinajstić information content (AvgIpc) is 2.79. The Balaban J connectivity index is 2.44. The predicted octanol–water partition coefficient (Wildman–Crippen LogP) is 1.28. The van der Waals surface area contributed by atoms with E-state index < -0.39 is 16.6 Å². The number of nitro groups is 1. The summed E-state index contributed by atoms with van der Waals surface area (Å²) in [6, 6.07) is 0.895. The molecule has 0 aromatic carbocycles. The van der Waals surface area contributed by atoms with E-state index in [1.807, 2.05) is 0 Å². The van der Waals surface area contributed by atoms with Crippen LogP contribution in [-0.2, 0) is 4.79 Å². The lowest BCUT2D eigenvalue weighted by Gasteiger charge is -2.15. The van der Waals surface area contributed by atoms with Crippen molar-refractivity contribution >= 4 is 35.0 Å². The lowest BCUT2D eigenvalue weighted by Crippen LogP contribution is -2.26. The third-order valence-corrected chi connectivity index (χ3v) is 3.41. The van der Waals surface area contributed by atoms with Crippen LogP contribution in [0.5, 0.6) is 0 Å². The number of pyridine rings is 1. The Bertz CT molecular complexity index is 591. The molecule has 1 saturated heterocycles. The third-order valence-electron chi connectivity index (χ3n) is 2.97. The van der Waals surface area contributed by atoms with Crippen molar-refractivity contribution in [2.75, 3.05) is 17.3 Å². The maximum Gasteiger partial charge on any atom is 0.337 e. The second-order valence-electron chi connectivity index (χ2n) is 4.36. The van der Waals surface area contributed by atoms with Gasteiger partial charge < -0.3 is 5.11 Å². The van der Waals surface area contributed by atoms with Gasteiger partial charge in [-0.15, -0.1) is 11.6 Å². The summed E-state index contributed by atoms with van der Waals surface area (Å²) in [6.07, 6.45) is 1.19. The minimum Gasteiger partial charge on any atom is -0.478 e. The first-order valence-electron chi connectivity index (χ1n) is 5.68. The van der Waals surface area contributed by atoms with Crippen molar-refractivity contribution in [2.45, 2.75) is 6.42 Å². The van der Waals surface area contributed by atoms with Crippen molar-refractivity contribution < 1.29 is 19.6 Å². The topological polar surface area (TPSA) is 114 Å². The Morgan fingerprint density at radius 3 is 2.85 bits per heavy atom. The number of hydrogen-bond acceptors (Lipinski definition) is 5. The maximum atomic E-state index is 11.8.